The summed E-state index contributed by atoms with van der Waals surface area (Å²) in [6.07, 6.45) is 24.5. The maximum atomic E-state index is 11.5. The Morgan fingerprint density at radius 3 is 1.52 bits per heavy atom. The minimum Gasteiger partial charge on any atom is -0.476 e. The average molecular weight is 377 g/mol. The number of carboxylic acid groups (broad SMARTS) is 1. The highest BCUT2D eigenvalue weighted by atomic mass is 16.4. The number of pyridine rings is 1. The van der Waals surface area contributed by atoms with E-state index in [-0.39, 0.29) is 0 Å². The third-order valence-electron chi connectivity index (χ3n) is 5.46. The van der Waals surface area contributed by atoms with Crippen LogP contribution in [0.15, 0.2) is 30.6 Å². The van der Waals surface area contributed by atoms with Crippen molar-refractivity contribution < 1.29 is 14.5 Å². The lowest BCUT2D eigenvalue weighted by Gasteiger charge is -2.08. The molecule has 0 fully saturated rings. The Morgan fingerprint density at radius 2 is 1.11 bits per heavy atom. The van der Waals surface area contributed by atoms with Crippen molar-refractivity contribution in [2.45, 2.75) is 116 Å². The Bertz CT molecular complexity index is 461. The normalized spacial score (nSPS) is 12.2. The molecule has 3 heteroatoms. The molecule has 27 heavy (non-hydrogen) atoms. The second-order valence-electron chi connectivity index (χ2n) is 7.92. The van der Waals surface area contributed by atoms with Crippen LogP contribution in [-0.4, -0.2) is 11.1 Å². The van der Waals surface area contributed by atoms with Gasteiger partial charge in [0.2, 0.25) is 0 Å². The SMILES string of the molecule is CCCCCCCCCCCCCCCCCC(C(=O)O)[n+]1ccccc1. The van der Waals surface area contributed by atoms with Gasteiger partial charge in [-0.25, -0.2) is 4.79 Å². The fraction of sp³-hybridized carbons (Fsp3) is 0.750. The second kappa shape index (κ2) is 16.8. The van der Waals surface area contributed by atoms with E-state index in [1.54, 1.807) is 0 Å². The summed E-state index contributed by atoms with van der Waals surface area (Å²) in [5.41, 5.74) is 0. The first-order valence-electron chi connectivity index (χ1n) is 11.4. The zero-order valence-corrected chi connectivity index (χ0v) is 17.6. The predicted octanol–water partition coefficient (Wildman–Crippen LogP) is 6.86. The van der Waals surface area contributed by atoms with Crippen molar-refractivity contribution in [2.24, 2.45) is 0 Å². The van der Waals surface area contributed by atoms with Crippen molar-refractivity contribution in [2.75, 3.05) is 0 Å². The molecule has 0 amide bonds. The number of aromatic nitrogens is 1. The zero-order chi connectivity index (χ0) is 19.6. The molecule has 0 aromatic carbocycles. The standard InChI is InChI=1S/C24H41NO2/c1-2-3-4-5-6-7-8-9-10-11-12-13-14-15-17-20-23(24(26)27)25-21-18-16-19-22-25/h16,18-19,21-23H,2-15,17,20H2,1H3/p+1. The monoisotopic (exact) mass is 376 g/mol. The summed E-state index contributed by atoms with van der Waals surface area (Å²) in [6.45, 7) is 2.27. The van der Waals surface area contributed by atoms with Gasteiger partial charge in [-0.05, 0) is 6.42 Å². The molecule has 1 aromatic rings. The Hall–Kier alpha value is -1.38. The van der Waals surface area contributed by atoms with Crippen LogP contribution in [0.5, 0.6) is 0 Å². The Balaban J connectivity index is 1.90. The smallest absolute Gasteiger partial charge is 0.373 e. The van der Waals surface area contributed by atoms with Crippen LogP contribution < -0.4 is 4.57 Å². The number of hydrogen-bond acceptors (Lipinski definition) is 1. The molecule has 0 aliphatic heterocycles. The summed E-state index contributed by atoms with van der Waals surface area (Å²) in [7, 11) is 0. The summed E-state index contributed by atoms with van der Waals surface area (Å²) < 4.78 is 1.81. The lowest BCUT2D eigenvalue weighted by atomic mass is 10.0. The van der Waals surface area contributed by atoms with Gasteiger partial charge in [-0.2, -0.15) is 4.57 Å². The van der Waals surface area contributed by atoms with Gasteiger partial charge in [-0.15, -0.1) is 0 Å². The van der Waals surface area contributed by atoms with Gasteiger partial charge < -0.3 is 5.11 Å². The lowest BCUT2D eigenvalue weighted by Crippen LogP contribution is -2.43. The van der Waals surface area contributed by atoms with Gasteiger partial charge in [0.05, 0.1) is 0 Å². The van der Waals surface area contributed by atoms with E-state index in [1.807, 2.05) is 35.2 Å². The summed E-state index contributed by atoms with van der Waals surface area (Å²) >= 11 is 0. The van der Waals surface area contributed by atoms with Crippen LogP contribution in [0, 0.1) is 0 Å². The molecule has 0 spiro atoms. The minimum atomic E-state index is -0.725. The van der Waals surface area contributed by atoms with E-state index in [2.05, 4.69) is 6.92 Å². The molecule has 1 N–H and O–H groups in total. The third-order valence-corrected chi connectivity index (χ3v) is 5.46. The highest BCUT2D eigenvalue weighted by molar-refractivity contribution is 5.69. The molecule has 1 unspecified atom stereocenters. The van der Waals surface area contributed by atoms with Crippen molar-refractivity contribution in [1.82, 2.24) is 0 Å². The van der Waals surface area contributed by atoms with Crippen molar-refractivity contribution in [3.8, 4) is 0 Å². The largest absolute Gasteiger partial charge is 0.476 e. The molecule has 1 heterocycles. The minimum absolute atomic E-state index is 0.423. The highest BCUT2D eigenvalue weighted by Gasteiger charge is 2.25. The summed E-state index contributed by atoms with van der Waals surface area (Å²) in [5, 5.41) is 9.42. The first kappa shape index (κ1) is 23.7. The summed E-state index contributed by atoms with van der Waals surface area (Å²) in [4.78, 5) is 11.5. The molecule has 154 valence electrons. The van der Waals surface area contributed by atoms with Crippen molar-refractivity contribution in [3.63, 3.8) is 0 Å². The maximum Gasteiger partial charge on any atom is 0.373 e. The van der Waals surface area contributed by atoms with Gasteiger partial charge in [0, 0.05) is 18.6 Å². The molecular weight excluding hydrogens is 334 g/mol. The molecule has 1 rings (SSSR count). The molecule has 1 aromatic heterocycles. The van der Waals surface area contributed by atoms with Crippen molar-refractivity contribution in [1.29, 1.82) is 0 Å². The van der Waals surface area contributed by atoms with Crippen LogP contribution >= 0.6 is 0 Å². The number of carboxylic acids is 1. The van der Waals surface area contributed by atoms with Gasteiger partial charge in [0.15, 0.2) is 12.4 Å². The predicted molar refractivity (Wildman–Crippen MR) is 113 cm³/mol. The molecule has 3 nitrogen and oxygen atoms in total. The quantitative estimate of drug-likeness (QED) is 0.224. The van der Waals surface area contributed by atoms with Gasteiger partial charge in [0.25, 0.3) is 6.04 Å². The van der Waals surface area contributed by atoms with E-state index in [0.717, 1.165) is 19.3 Å². The van der Waals surface area contributed by atoms with Crippen LogP contribution in [0.25, 0.3) is 0 Å². The second-order valence-corrected chi connectivity index (χ2v) is 7.92. The maximum absolute atomic E-state index is 11.5. The van der Waals surface area contributed by atoms with E-state index in [4.69, 9.17) is 0 Å². The van der Waals surface area contributed by atoms with Crippen LogP contribution in [0.1, 0.15) is 116 Å². The molecule has 0 aliphatic carbocycles. The van der Waals surface area contributed by atoms with Crippen LogP contribution in [-0.2, 0) is 4.79 Å². The molecule has 0 saturated heterocycles. The molecule has 1 atom stereocenters. The number of hydrogen-bond donors (Lipinski definition) is 1. The van der Waals surface area contributed by atoms with E-state index in [1.165, 1.54) is 83.5 Å². The zero-order valence-electron chi connectivity index (χ0n) is 17.6. The topological polar surface area (TPSA) is 41.2 Å². The summed E-state index contributed by atoms with van der Waals surface area (Å²) in [6, 6.07) is 5.28. The molecule has 0 radical (unpaired) electrons. The van der Waals surface area contributed by atoms with Crippen LogP contribution in [0.2, 0.25) is 0 Å². The number of nitrogens with zero attached hydrogens (tertiary/aromatic N) is 1. The lowest BCUT2D eigenvalue weighted by molar-refractivity contribution is -0.711. The highest BCUT2D eigenvalue weighted by Crippen LogP contribution is 2.15. The Kier molecular flexibility index (Phi) is 14.7. The van der Waals surface area contributed by atoms with Gasteiger partial charge in [-0.3, -0.25) is 0 Å². The number of carbonyl (C=O) groups is 1. The Morgan fingerprint density at radius 1 is 0.704 bits per heavy atom. The fourth-order valence-corrected chi connectivity index (χ4v) is 3.73. The molecule has 0 aliphatic rings. The molecular formula is C24H42NO2+. The van der Waals surface area contributed by atoms with Crippen LogP contribution in [0.4, 0.5) is 0 Å². The van der Waals surface area contributed by atoms with E-state index < -0.39 is 12.0 Å². The summed E-state index contributed by atoms with van der Waals surface area (Å²) in [5.74, 6) is -0.725. The fourth-order valence-electron chi connectivity index (χ4n) is 3.73. The van der Waals surface area contributed by atoms with Crippen LogP contribution in [0.3, 0.4) is 0 Å². The number of unbranched alkanes of at least 4 members (excludes halogenated alkanes) is 14. The first-order chi connectivity index (χ1) is 13.3. The average Bonchev–Trinajstić information content (AvgIpc) is 2.68. The first-order valence-corrected chi connectivity index (χ1v) is 11.4. The van der Waals surface area contributed by atoms with Gasteiger partial charge in [0.1, 0.15) is 0 Å². The number of aliphatic carboxylic acids is 1. The van der Waals surface area contributed by atoms with Crippen molar-refractivity contribution in [3.05, 3.63) is 30.6 Å². The van der Waals surface area contributed by atoms with E-state index >= 15 is 0 Å². The third kappa shape index (κ3) is 12.6. The molecule has 0 saturated carbocycles. The van der Waals surface area contributed by atoms with Crippen molar-refractivity contribution >= 4 is 5.97 Å². The molecule has 0 bridgehead atoms. The van der Waals surface area contributed by atoms with Gasteiger partial charge >= 0.3 is 5.97 Å². The number of rotatable bonds is 18. The van der Waals surface area contributed by atoms with Gasteiger partial charge in [-0.1, -0.05) is 103 Å². The van der Waals surface area contributed by atoms with E-state index in [0.29, 0.717) is 0 Å². The Labute approximate surface area is 167 Å². The van der Waals surface area contributed by atoms with E-state index in [9.17, 15) is 9.90 Å².